The molecule has 0 atom stereocenters. The molecule has 3 nitrogen and oxygen atoms in total. The fourth-order valence-corrected chi connectivity index (χ4v) is 2.71. The zero-order valence-corrected chi connectivity index (χ0v) is 14.1. The lowest BCUT2D eigenvalue weighted by Crippen LogP contribution is -2.30. The third-order valence-corrected chi connectivity index (χ3v) is 3.95. The fourth-order valence-electron chi connectivity index (χ4n) is 2.71. The van der Waals surface area contributed by atoms with Crippen molar-refractivity contribution < 1.29 is 4.79 Å². The molecule has 0 unspecified atom stereocenters. The van der Waals surface area contributed by atoms with E-state index in [2.05, 4.69) is 48.2 Å². The third-order valence-electron chi connectivity index (χ3n) is 3.95. The lowest BCUT2D eigenvalue weighted by molar-refractivity contribution is 0.112. The molecular weight excluding hydrogens is 284 g/mol. The van der Waals surface area contributed by atoms with Gasteiger partial charge < -0.3 is 9.80 Å². The van der Waals surface area contributed by atoms with Gasteiger partial charge in [-0.1, -0.05) is 42.5 Å². The van der Waals surface area contributed by atoms with E-state index in [0.29, 0.717) is 0 Å². The minimum atomic E-state index is 0.769. The predicted molar refractivity (Wildman–Crippen MR) is 97.4 cm³/mol. The molecule has 23 heavy (non-hydrogen) atoms. The molecule has 0 saturated carbocycles. The molecule has 0 aliphatic carbocycles. The smallest absolute Gasteiger partial charge is 0.152 e. The summed E-state index contributed by atoms with van der Waals surface area (Å²) in [4.78, 5) is 15.9. The van der Waals surface area contributed by atoms with E-state index in [0.717, 1.165) is 50.0 Å². The number of benzene rings is 2. The molecule has 0 fully saturated rings. The maximum absolute atomic E-state index is 11.4. The number of hydrogen-bond acceptors (Lipinski definition) is 3. The highest BCUT2D eigenvalue weighted by atomic mass is 16.1. The van der Waals surface area contributed by atoms with Crippen LogP contribution in [-0.2, 0) is 6.42 Å². The minimum Gasteiger partial charge on any atom is -0.371 e. The molecule has 0 spiro atoms. The Morgan fingerprint density at radius 2 is 1.57 bits per heavy atom. The highest BCUT2D eigenvalue weighted by Crippen LogP contribution is 2.19. The summed E-state index contributed by atoms with van der Waals surface area (Å²) in [5.74, 6) is 0. The Morgan fingerprint density at radius 1 is 0.870 bits per heavy atom. The van der Waals surface area contributed by atoms with Crippen LogP contribution in [0.5, 0.6) is 0 Å². The molecule has 0 bridgehead atoms. The summed E-state index contributed by atoms with van der Waals surface area (Å²) in [6.45, 7) is 2.92. The Bertz CT molecular complexity index is 596. The van der Waals surface area contributed by atoms with Crippen LogP contribution >= 0.6 is 0 Å². The van der Waals surface area contributed by atoms with Crippen molar-refractivity contribution in [2.45, 2.75) is 12.8 Å². The van der Waals surface area contributed by atoms with Gasteiger partial charge in [-0.2, -0.15) is 0 Å². The number of carbonyl (C=O) groups is 1. The van der Waals surface area contributed by atoms with Gasteiger partial charge in [0.05, 0.1) is 0 Å². The molecule has 0 radical (unpaired) electrons. The van der Waals surface area contributed by atoms with Crippen LogP contribution in [0, 0.1) is 0 Å². The van der Waals surface area contributed by atoms with Crippen molar-refractivity contribution in [3.8, 4) is 0 Å². The van der Waals surface area contributed by atoms with E-state index in [1.165, 1.54) is 5.56 Å². The molecule has 2 aromatic carbocycles. The monoisotopic (exact) mass is 310 g/mol. The molecule has 0 saturated heterocycles. The minimum absolute atomic E-state index is 0.769. The zero-order chi connectivity index (χ0) is 16.5. The van der Waals surface area contributed by atoms with Gasteiger partial charge in [-0.05, 0) is 51.2 Å². The van der Waals surface area contributed by atoms with E-state index in [-0.39, 0.29) is 0 Å². The van der Waals surface area contributed by atoms with Gasteiger partial charge in [0.15, 0.2) is 6.29 Å². The second-order valence-electron chi connectivity index (χ2n) is 6.06. The van der Waals surface area contributed by atoms with Gasteiger partial charge in [-0.15, -0.1) is 0 Å². The van der Waals surface area contributed by atoms with Crippen molar-refractivity contribution in [3.05, 3.63) is 65.7 Å². The Kier molecular flexibility index (Phi) is 6.82. The van der Waals surface area contributed by atoms with E-state index in [1.807, 2.05) is 30.3 Å². The van der Waals surface area contributed by atoms with E-state index in [4.69, 9.17) is 0 Å². The van der Waals surface area contributed by atoms with Crippen LogP contribution in [0.25, 0.3) is 0 Å². The first-order valence-electron chi connectivity index (χ1n) is 8.18. The van der Waals surface area contributed by atoms with Gasteiger partial charge in [-0.3, -0.25) is 4.79 Å². The molecule has 0 N–H and O–H groups in total. The Morgan fingerprint density at radius 3 is 2.26 bits per heavy atom. The van der Waals surface area contributed by atoms with E-state index < -0.39 is 0 Å². The SMILES string of the molecule is CN(C)CCCN(CCc1ccccc1)c1ccccc1C=O. The summed E-state index contributed by atoms with van der Waals surface area (Å²) in [5, 5.41) is 0. The van der Waals surface area contributed by atoms with Gasteiger partial charge in [-0.25, -0.2) is 0 Å². The summed E-state index contributed by atoms with van der Waals surface area (Å²) in [6, 6.07) is 18.4. The van der Waals surface area contributed by atoms with Crippen molar-refractivity contribution >= 4 is 12.0 Å². The fraction of sp³-hybridized carbons (Fsp3) is 0.350. The second kappa shape index (κ2) is 9.11. The number of nitrogens with zero attached hydrogens (tertiary/aromatic N) is 2. The van der Waals surface area contributed by atoms with Crippen molar-refractivity contribution in [1.29, 1.82) is 0 Å². The number of rotatable bonds is 9. The van der Waals surface area contributed by atoms with E-state index in [9.17, 15) is 4.79 Å². The second-order valence-corrected chi connectivity index (χ2v) is 6.06. The van der Waals surface area contributed by atoms with Crippen LogP contribution in [0.15, 0.2) is 54.6 Å². The van der Waals surface area contributed by atoms with Crippen molar-refractivity contribution in [3.63, 3.8) is 0 Å². The van der Waals surface area contributed by atoms with Crippen molar-refractivity contribution in [1.82, 2.24) is 4.90 Å². The van der Waals surface area contributed by atoms with Crippen molar-refractivity contribution in [2.24, 2.45) is 0 Å². The summed E-state index contributed by atoms with van der Waals surface area (Å²) in [6.07, 6.45) is 3.02. The molecule has 3 heteroatoms. The third kappa shape index (κ3) is 5.53. The maximum atomic E-state index is 11.4. The largest absolute Gasteiger partial charge is 0.371 e. The lowest BCUT2D eigenvalue weighted by Gasteiger charge is -2.27. The molecule has 2 rings (SSSR count). The lowest BCUT2D eigenvalue weighted by atomic mass is 10.1. The first kappa shape index (κ1) is 17.2. The van der Waals surface area contributed by atoms with Gasteiger partial charge in [0, 0.05) is 24.3 Å². The van der Waals surface area contributed by atoms with Crippen LogP contribution < -0.4 is 4.90 Å². The molecule has 0 aliphatic rings. The molecule has 0 heterocycles. The van der Waals surface area contributed by atoms with Crippen LogP contribution in [0.4, 0.5) is 5.69 Å². The quantitative estimate of drug-likeness (QED) is 0.662. The number of carbonyl (C=O) groups excluding carboxylic acids is 1. The Hall–Kier alpha value is -2.13. The first-order valence-corrected chi connectivity index (χ1v) is 8.18. The van der Waals surface area contributed by atoms with Gasteiger partial charge in [0.2, 0.25) is 0 Å². The number of para-hydroxylation sites is 1. The molecule has 0 aliphatic heterocycles. The van der Waals surface area contributed by atoms with Crippen LogP contribution in [0.3, 0.4) is 0 Å². The Labute approximate surface area is 139 Å². The zero-order valence-electron chi connectivity index (χ0n) is 14.1. The molecule has 122 valence electrons. The number of anilines is 1. The van der Waals surface area contributed by atoms with E-state index >= 15 is 0 Å². The normalized spacial score (nSPS) is 10.7. The van der Waals surface area contributed by atoms with Gasteiger partial charge in [0.25, 0.3) is 0 Å². The predicted octanol–water partition coefficient (Wildman–Crippen LogP) is 3.50. The molecule has 0 aromatic heterocycles. The highest BCUT2D eigenvalue weighted by Gasteiger charge is 2.11. The molecular formula is C20H26N2O. The maximum Gasteiger partial charge on any atom is 0.152 e. The van der Waals surface area contributed by atoms with Crippen LogP contribution in [0.1, 0.15) is 22.3 Å². The summed E-state index contributed by atoms with van der Waals surface area (Å²) in [5.41, 5.74) is 3.14. The van der Waals surface area contributed by atoms with Crippen LogP contribution in [0.2, 0.25) is 0 Å². The number of hydrogen-bond donors (Lipinski definition) is 0. The summed E-state index contributed by atoms with van der Waals surface area (Å²) >= 11 is 0. The average Bonchev–Trinajstić information content (AvgIpc) is 2.58. The van der Waals surface area contributed by atoms with Gasteiger partial charge in [0.1, 0.15) is 0 Å². The Balaban J connectivity index is 2.09. The number of aldehydes is 1. The summed E-state index contributed by atoms with van der Waals surface area (Å²) in [7, 11) is 4.18. The highest BCUT2D eigenvalue weighted by molar-refractivity contribution is 5.84. The molecule has 0 amide bonds. The topological polar surface area (TPSA) is 23.6 Å². The van der Waals surface area contributed by atoms with E-state index in [1.54, 1.807) is 0 Å². The average molecular weight is 310 g/mol. The standard InChI is InChI=1S/C20H26N2O/c1-21(2)14-8-15-22(16-13-18-9-4-3-5-10-18)20-12-7-6-11-19(20)17-23/h3-7,9-12,17H,8,13-16H2,1-2H3. The molecule has 2 aromatic rings. The van der Waals surface area contributed by atoms with Gasteiger partial charge >= 0.3 is 0 Å². The van der Waals surface area contributed by atoms with Crippen molar-refractivity contribution in [2.75, 3.05) is 38.6 Å². The van der Waals surface area contributed by atoms with Crippen LogP contribution in [-0.4, -0.2) is 44.9 Å². The first-order chi connectivity index (χ1) is 11.2. The summed E-state index contributed by atoms with van der Waals surface area (Å²) < 4.78 is 0.